The van der Waals surface area contributed by atoms with Crippen LogP contribution in [0.15, 0.2) is 21.5 Å². The molecule has 118 valence electrons. The molecule has 1 aliphatic heterocycles. The van der Waals surface area contributed by atoms with Crippen LogP contribution in [0.4, 0.5) is 0 Å². The lowest BCUT2D eigenvalue weighted by Crippen LogP contribution is -2.42. The van der Waals surface area contributed by atoms with Gasteiger partial charge in [-0.2, -0.15) is 4.31 Å². The van der Waals surface area contributed by atoms with Gasteiger partial charge in [0.15, 0.2) is 0 Å². The molecule has 0 bridgehead atoms. The highest BCUT2D eigenvalue weighted by atomic mass is 79.9. The summed E-state index contributed by atoms with van der Waals surface area (Å²) < 4.78 is 28.0. The minimum atomic E-state index is -3.54. The zero-order valence-electron chi connectivity index (χ0n) is 12.6. The molecule has 0 aliphatic carbocycles. The topological polar surface area (TPSA) is 57.6 Å². The largest absolute Gasteiger partial charge is 0.392 e. The highest BCUT2D eigenvalue weighted by Gasteiger charge is 2.33. The van der Waals surface area contributed by atoms with Gasteiger partial charge in [0.25, 0.3) is 0 Å². The van der Waals surface area contributed by atoms with Crippen LogP contribution in [0.5, 0.6) is 0 Å². The van der Waals surface area contributed by atoms with Crippen LogP contribution in [0.1, 0.15) is 31.4 Å². The Hall–Kier alpha value is -0.430. The fourth-order valence-corrected chi connectivity index (χ4v) is 5.74. The molecule has 1 aromatic carbocycles. The maximum atomic E-state index is 12.9. The number of halogens is 1. The lowest BCUT2D eigenvalue weighted by molar-refractivity contribution is 0.222. The Balaban J connectivity index is 2.46. The van der Waals surface area contributed by atoms with E-state index in [-0.39, 0.29) is 11.5 Å². The quantitative estimate of drug-likeness (QED) is 0.883. The summed E-state index contributed by atoms with van der Waals surface area (Å²) in [7, 11) is -3.54. The predicted octanol–water partition coefficient (Wildman–Crippen LogP) is 2.92. The van der Waals surface area contributed by atoms with Crippen molar-refractivity contribution in [2.45, 2.75) is 38.7 Å². The van der Waals surface area contributed by atoms with E-state index >= 15 is 0 Å². The summed E-state index contributed by atoms with van der Waals surface area (Å²) in [6.45, 7) is 6.96. The van der Waals surface area contributed by atoms with Crippen molar-refractivity contribution in [3.63, 3.8) is 0 Å². The van der Waals surface area contributed by atoms with Crippen molar-refractivity contribution in [1.82, 2.24) is 4.31 Å². The van der Waals surface area contributed by atoms with E-state index in [1.807, 2.05) is 6.92 Å². The van der Waals surface area contributed by atoms with E-state index in [2.05, 4.69) is 29.8 Å². The summed E-state index contributed by atoms with van der Waals surface area (Å²) in [6.07, 6.45) is 1.06. The van der Waals surface area contributed by atoms with Crippen LogP contribution >= 0.6 is 15.9 Å². The van der Waals surface area contributed by atoms with Crippen LogP contribution in [0.25, 0.3) is 0 Å². The number of aliphatic hydroxyl groups excluding tert-OH is 1. The minimum Gasteiger partial charge on any atom is -0.392 e. The molecule has 2 unspecified atom stereocenters. The Kier molecular flexibility index (Phi) is 5.13. The highest BCUT2D eigenvalue weighted by molar-refractivity contribution is 9.10. The zero-order chi connectivity index (χ0) is 15.8. The molecule has 1 heterocycles. The van der Waals surface area contributed by atoms with Crippen LogP contribution in [0.2, 0.25) is 0 Å². The molecular formula is C15H22BrNO3S. The van der Waals surface area contributed by atoms with Crippen molar-refractivity contribution >= 4 is 26.0 Å². The van der Waals surface area contributed by atoms with Gasteiger partial charge in [0.1, 0.15) is 0 Å². The molecule has 1 N–H and O–H groups in total. The van der Waals surface area contributed by atoms with Gasteiger partial charge in [0, 0.05) is 17.6 Å². The SMILES string of the molecule is Cc1cc(CO)cc(S(=O)(=O)N2CC(C)CC(C)C2)c1Br. The molecular weight excluding hydrogens is 354 g/mol. The van der Waals surface area contributed by atoms with Crippen molar-refractivity contribution in [3.8, 4) is 0 Å². The number of benzene rings is 1. The van der Waals surface area contributed by atoms with Crippen LogP contribution in [-0.4, -0.2) is 30.9 Å². The average Bonchev–Trinajstić information content (AvgIpc) is 2.40. The van der Waals surface area contributed by atoms with E-state index in [1.54, 1.807) is 16.4 Å². The van der Waals surface area contributed by atoms with Crippen molar-refractivity contribution in [1.29, 1.82) is 0 Å². The average molecular weight is 376 g/mol. The number of aryl methyl sites for hydroxylation is 1. The number of piperidine rings is 1. The van der Waals surface area contributed by atoms with Crippen molar-refractivity contribution in [3.05, 3.63) is 27.7 Å². The molecule has 2 rings (SSSR count). The minimum absolute atomic E-state index is 0.163. The molecule has 1 fully saturated rings. The Morgan fingerprint density at radius 2 is 1.86 bits per heavy atom. The van der Waals surface area contributed by atoms with E-state index in [4.69, 9.17) is 0 Å². The lowest BCUT2D eigenvalue weighted by atomic mass is 9.94. The monoisotopic (exact) mass is 375 g/mol. The molecule has 21 heavy (non-hydrogen) atoms. The Morgan fingerprint density at radius 3 is 2.38 bits per heavy atom. The summed E-state index contributed by atoms with van der Waals surface area (Å²) >= 11 is 3.39. The van der Waals surface area contributed by atoms with Crippen LogP contribution in [-0.2, 0) is 16.6 Å². The zero-order valence-corrected chi connectivity index (χ0v) is 15.0. The van der Waals surface area contributed by atoms with Crippen molar-refractivity contribution < 1.29 is 13.5 Å². The standard InChI is InChI=1S/C15H22BrNO3S/c1-10-4-11(2)8-17(7-10)21(19,20)14-6-13(9-18)5-12(3)15(14)16/h5-6,10-11,18H,4,7-9H2,1-3H3. The summed E-state index contributed by atoms with van der Waals surface area (Å²) in [5, 5.41) is 9.31. The second-order valence-corrected chi connectivity index (χ2v) is 8.85. The van der Waals surface area contributed by atoms with E-state index in [9.17, 15) is 13.5 Å². The van der Waals surface area contributed by atoms with Crippen molar-refractivity contribution in [2.75, 3.05) is 13.1 Å². The van der Waals surface area contributed by atoms with Gasteiger partial charge in [-0.1, -0.05) is 19.9 Å². The molecule has 0 amide bonds. The molecule has 0 saturated carbocycles. The molecule has 1 saturated heterocycles. The van der Waals surface area contributed by atoms with Gasteiger partial charge >= 0.3 is 0 Å². The molecule has 2 atom stereocenters. The highest BCUT2D eigenvalue weighted by Crippen LogP contribution is 2.32. The van der Waals surface area contributed by atoms with Gasteiger partial charge in [-0.3, -0.25) is 0 Å². The lowest BCUT2D eigenvalue weighted by Gasteiger charge is -2.34. The molecule has 4 nitrogen and oxygen atoms in total. The number of hydrogen-bond acceptors (Lipinski definition) is 3. The van der Waals surface area contributed by atoms with Gasteiger partial charge in [-0.15, -0.1) is 0 Å². The fourth-order valence-electron chi connectivity index (χ4n) is 3.03. The molecule has 1 aliphatic rings. The van der Waals surface area contributed by atoms with E-state index in [0.717, 1.165) is 12.0 Å². The third kappa shape index (κ3) is 3.50. The van der Waals surface area contributed by atoms with E-state index in [0.29, 0.717) is 35.0 Å². The van der Waals surface area contributed by atoms with Gasteiger partial charge < -0.3 is 5.11 Å². The number of nitrogens with zero attached hydrogens (tertiary/aromatic N) is 1. The Labute approximate surface area is 135 Å². The smallest absolute Gasteiger partial charge is 0.244 e. The first-order valence-corrected chi connectivity index (χ1v) is 9.39. The second kappa shape index (κ2) is 6.36. The van der Waals surface area contributed by atoms with Gasteiger partial charge in [-0.25, -0.2) is 8.42 Å². The third-order valence-electron chi connectivity index (χ3n) is 3.92. The summed E-state index contributed by atoms with van der Waals surface area (Å²) in [4.78, 5) is 0.257. The summed E-state index contributed by atoms with van der Waals surface area (Å²) in [5.74, 6) is 0.730. The maximum Gasteiger partial charge on any atom is 0.244 e. The Morgan fingerprint density at radius 1 is 1.29 bits per heavy atom. The number of sulfonamides is 1. The number of aliphatic hydroxyl groups is 1. The van der Waals surface area contributed by atoms with Crippen LogP contribution in [0, 0.1) is 18.8 Å². The Bertz CT molecular complexity index is 620. The third-order valence-corrected chi connectivity index (χ3v) is 7.09. The van der Waals surface area contributed by atoms with E-state index in [1.165, 1.54) is 0 Å². The van der Waals surface area contributed by atoms with Crippen LogP contribution < -0.4 is 0 Å². The molecule has 1 aromatic rings. The predicted molar refractivity (Wildman–Crippen MR) is 86.5 cm³/mol. The first kappa shape index (κ1) is 16.9. The second-order valence-electron chi connectivity index (χ2n) is 6.15. The number of hydrogen-bond donors (Lipinski definition) is 1. The van der Waals surface area contributed by atoms with Crippen molar-refractivity contribution in [2.24, 2.45) is 11.8 Å². The van der Waals surface area contributed by atoms with Crippen LogP contribution in [0.3, 0.4) is 0 Å². The molecule has 0 aromatic heterocycles. The summed E-state index contributed by atoms with van der Waals surface area (Å²) in [5.41, 5.74) is 1.44. The number of rotatable bonds is 3. The van der Waals surface area contributed by atoms with Gasteiger partial charge in [0.05, 0.1) is 11.5 Å². The molecule has 0 radical (unpaired) electrons. The summed E-state index contributed by atoms with van der Waals surface area (Å²) in [6, 6.07) is 3.36. The molecule has 0 spiro atoms. The fraction of sp³-hybridized carbons (Fsp3) is 0.600. The van der Waals surface area contributed by atoms with Gasteiger partial charge in [0.2, 0.25) is 10.0 Å². The normalized spacial score (nSPS) is 24.2. The van der Waals surface area contributed by atoms with E-state index < -0.39 is 10.0 Å². The first-order chi connectivity index (χ1) is 9.75. The maximum absolute atomic E-state index is 12.9. The first-order valence-electron chi connectivity index (χ1n) is 7.15. The van der Waals surface area contributed by atoms with Gasteiger partial charge in [-0.05, 0) is 58.3 Å². The molecule has 6 heteroatoms.